The smallest absolute Gasteiger partial charge is 0.261 e. The molecular formula is C16H17FN2O. The summed E-state index contributed by atoms with van der Waals surface area (Å²) in [5, 5.41) is 0. The molecule has 4 heteroatoms. The molecule has 0 saturated heterocycles. The summed E-state index contributed by atoms with van der Waals surface area (Å²) in [6.45, 7) is 3.90. The Morgan fingerprint density at radius 2 is 1.90 bits per heavy atom. The van der Waals surface area contributed by atoms with E-state index in [1.54, 1.807) is 6.92 Å². The van der Waals surface area contributed by atoms with Crippen LogP contribution in [0.3, 0.4) is 0 Å². The number of halogens is 1. The maximum Gasteiger partial charge on any atom is 0.261 e. The Bertz CT molecular complexity index is 626. The Kier molecular flexibility index (Phi) is 4.03. The number of anilines is 2. The number of nitrogen functional groups attached to an aromatic ring is 1. The maximum atomic E-state index is 14.1. The average Bonchev–Trinajstić information content (AvgIpc) is 2.44. The zero-order chi connectivity index (χ0) is 14.7. The molecular weight excluding hydrogens is 255 g/mol. The molecule has 2 aromatic rings. The lowest BCUT2D eigenvalue weighted by Crippen LogP contribution is -2.31. The van der Waals surface area contributed by atoms with Gasteiger partial charge in [-0.3, -0.25) is 4.79 Å². The van der Waals surface area contributed by atoms with Gasteiger partial charge in [0, 0.05) is 17.9 Å². The Balaban J connectivity index is 2.44. The molecule has 2 aromatic carbocycles. The first kappa shape index (κ1) is 14.1. The van der Waals surface area contributed by atoms with Crippen LogP contribution in [0.5, 0.6) is 0 Å². The highest BCUT2D eigenvalue weighted by molar-refractivity contribution is 6.06. The molecule has 20 heavy (non-hydrogen) atoms. The summed E-state index contributed by atoms with van der Waals surface area (Å²) in [4.78, 5) is 14.1. The zero-order valence-corrected chi connectivity index (χ0v) is 11.6. The third-order valence-electron chi connectivity index (χ3n) is 3.14. The molecule has 0 bridgehead atoms. The first-order valence-corrected chi connectivity index (χ1v) is 6.47. The Labute approximate surface area is 117 Å². The van der Waals surface area contributed by atoms with Gasteiger partial charge in [-0.2, -0.15) is 0 Å². The van der Waals surface area contributed by atoms with Crippen LogP contribution < -0.4 is 10.6 Å². The molecule has 0 aliphatic carbocycles. The molecule has 0 aromatic heterocycles. The Hall–Kier alpha value is -2.36. The van der Waals surface area contributed by atoms with Crippen molar-refractivity contribution in [1.29, 1.82) is 0 Å². The summed E-state index contributed by atoms with van der Waals surface area (Å²) in [6, 6.07) is 12.1. The lowest BCUT2D eigenvalue weighted by atomic mass is 10.1. The van der Waals surface area contributed by atoms with E-state index in [1.165, 1.54) is 17.0 Å². The standard InChI is InChI=1S/C16H17FN2O/c1-3-19(13-7-5-4-6-8-13)16(20)14-10-12(18)9-11(2)15(14)17/h4-10H,3,18H2,1-2H3. The van der Waals surface area contributed by atoms with E-state index < -0.39 is 5.82 Å². The van der Waals surface area contributed by atoms with E-state index in [0.29, 0.717) is 17.8 Å². The van der Waals surface area contributed by atoms with Crippen LogP contribution in [0.25, 0.3) is 0 Å². The highest BCUT2D eigenvalue weighted by Crippen LogP contribution is 2.22. The summed E-state index contributed by atoms with van der Waals surface area (Å²) in [5.74, 6) is -0.898. The normalized spacial score (nSPS) is 10.3. The number of hydrogen-bond donors (Lipinski definition) is 1. The van der Waals surface area contributed by atoms with Gasteiger partial charge in [0.25, 0.3) is 5.91 Å². The number of carbonyl (C=O) groups excluding carboxylic acids is 1. The first-order chi connectivity index (χ1) is 9.54. The van der Waals surface area contributed by atoms with Gasteiger partial charge in [-0.05, 0) is 43.7 Å². The van der Waals surface area contributed by atoms with E-state index in [9.17, 15) is 9.18 Å². The molecule has 0 fully saturated rings. The number of hydrogen-bond acceptors (Lipinski definition) is 2. The van der Waals surface area contributed by atoms with Gasteiger partial charge in [-0.1, -0.05) is 18.2 Å². The average molecular weight is 272 g/mol. The van der Waals surface area contributed by atoms with E-state index in [1.807, 2.05) is 37.3 Å². The SMILES string of the molecule is CCN(C(=O)c1cc(N)cc(C)c1F)c1ccccc1. The van der Waals surface area contributed by atoms with E-state index in [-0.39, 0.29) is 11.5 Å². The largest absolute Gasteiger partial charge is 0.399 e. The van der Waals surface area contributed by atoms with Crippen molar-refractivity contribution in [2.75, 3.05) is 17.2 Å². The summed E-state index contributed by atoms with van der Waals surface area (Å²) < 4.78 is 14.1. The molecule has 0 unspecified atom stereocenters. The van der Waals surface area contributed by atoms with Crippen LogP contribution in [0.1, 0.15) is 22.8 Å². The van der Waals surface area contributed by atoms with Gasteiger partial charge in [0.1, 0.15) is 5.82 Å². The fourth-order valence-electron chi connectivity index (χ4n) is 2.15. The van der Waals surface area contributed by atoms with Gasteiger partial charge in [0.2, 0.25) is 0 Å². The number of rotatable bonds is 3. The highest BCUT2D eigenvalue weighted by Gasteiger charge is 2.21. The summed E-state index contributed by atoms with van der Waals surface area (Å²) in [6.07, 6.45) is 0. The van der Waals surface area contributed by atoms with E-state index in [4.69, 9.17) is 5.73 Å². The van der Waals surface area contributed by atoms with Crippen molar-refractivity contribution in [2.24, 2.45) is 0 Å². The van der Waals surface area contributed by atoms with E-state index >= 15 is 0 Å². The highest BCUT2D eigenvalue weighted by atomic mass is 19.1. The maximum absolute atomic E-state index is 14.1. The van der Waals surface area contributed by atoms with E-state index in [2.05, 4.69) is 0 Å². The lowest BCUT2D eigenvalue weighted by Gasteiger charge is -2.21. The van der Waals surface area contributed by atoms with Crippen molar-refractivity contribution in [2.45, 2.75) is 13.8 Å². The molecule has 0 saturated carbocycles. The zero-order valence-electron chi connectivity index (χ0n) is 11.6. The molecule has 2 rings (SSSR count). The van der Waals surface area contributed by atoms with Crippen molar-refractivity contribution < 1.29 is 9.18 Å². The van der Waals surface area contributed by atoms with Crippen LogP contribution in [0.2, 0.25) is 0 Å². The van der Waals surface area contributed by atoms with Crippen LogP contribution in [0.15, 0.2) is 42.5 Å². The van der Waals surface area contributed by atoms with Gasteiger partial charge < -0.3 is 10.6 Å². The number of nitrogens with zero attached hydrogens (tertiary/aromatic N) is 1. The minimum atomic E-state index is -0.515. The first-order valence-electron chi connectivity index (χ1n) is 6.47. The van der Waals surface area contributed by atoms with Gasteiger partial charge in [-0.25, -0.2) is 4.39 Å². The molecule has 2 N–H and O–H groups in total. The topological polar surface area (TPSA) is 46.3 Å². The number of aryl methyl sites for hydroxylation is 1. The second-order valence-electron chi connectivity index (χ2n) is 4.58. The van der Waals surface area contributed by atoms with Gasteiger partial charge in [0.05, 0.1) is 5.56 Å². The third kappa shape index (κ3) is 2.64. The number of carbonyl (C=O) groups is 1. The Morgan fingerprint density at radius 3 is 2.50 bits per heavy atom. The summed E-state index contributed by atoms with van der Waals surface area (Å²) in [5.41, 5.74) is 7.21. The van der Waals surface area contributed by atoms with Crippen LogP contribution in [-0.4, -0.2) is 12.5 Å². The second-order valence-corrected chi connectivity index (χ2v) is 4.58. The predicted molar refractivity (Wildman–Crippen MR) is 79.3 cm³/mol. The molecule has 0 aliphatic heterocycles. The molecule has 0 aliphatic rings. The number of amides is 1. The minimum Gasteiger partial charge on any atom is -0.399 e. The Morgan fingerprint density at radius 1 is 1.25 bits per heavy atom. The second kappa shape index (κ2) is 5.74. The molecule has 0 spiro atoms. The van der Waals surface area contributed by atoms with Crippen molar-refractivity contribution in [1.82, 2.24) is 0 Å². The van der Waals surface area contributed by atoms with E-state index in [0.717, 1.165) is 5.69 Å². The van der Waals surface area contributed by atoms with Crippen molar-refractivity contribution in [3.8, 4) is 0 Å². The molecule has 0 radical (unpaired) electrons. The fourth-order valence-corrected chi connectivity index (χ4v) is 2.15. The predicted octanol–water partition coefficient (Wildman–Crippen LogP) is 3.38. The number of para-hydroxylation sites is 1. The van der Waals surface area contributed by atoms with Crippen molar-refractivity contribution in [3.05, 3.63) is 59.4 Å². The molecule has 0 heterocycles. The number of nitrogens with two attached hydrogens (primary N) is 1. The molecule has 104 valence electrons. The number of benzene rings is 2. The van der Waals surface area contributed by atoms with Crippen LogP contribution in [0.4, 0.5) is 15.8 Å². The van der Waals surface area contributed by atoms with Crippen LogP contribution in [-0.2, 0) is 0 Å². The van der Waals surface area contributed by atoms with Gasteiger partial charge in [0.15, 0.2) is 0 Å². The molecule has 1 amide bonds. The molecule has 3 nitrogen and oxygen atoms in total. The summed E-state index contributed by atoms with van der Waals surface area (Å²) >= 11 is 0. The monoisotopic (exact) mass is 272 g/mol. The third-order valence-corrected chi connectivity index (χ3v) is 3.14. The van der Waals surface area contributed by atoms with Gasteiger partial charge >= 0.3 is 0 Å². The minimum absolute atomic E-state index is 0.00760. The van der Waals surface area contributed by atoms with Crippen molar-refractivity contribution >= 4 is 17.3 Å². The quantitative estimate of drug-likeness (QED) is 0.871. The van der Waals surface area contributed by atoms with Crippen LogP contribution >= 0.6 is 0 Å². The van der Waals surface area contributed by atoms with Crippen molar-refractivity contribution in [3.63, 3.8) is 0 Å². The van der Waals surface area contributed by atoms with Crippen LogP contribution in [0, 0.1) is 12.7 Å². The lowest BCUT2D eigenvalue weighted by molar-refractivity contribution is 0.0984. The fraction of sp³-hybridized carbons (Fsp3) is 0.188. The molecule has 0 atom stereocenters. The van der Waals surface area contributed by atoms with Gasteiger partial charge in [-0.15, -0.1) is 0 Å². The summed E-state index contributed by atoms with van der Waals surface area (Å²) in [7, 11) is 0.